The topological polar surface area (TPSA) is 58.4 Å². The number of hydrogen-bond donors (Lipinski definition) is 1. The third-order valence-electron chi connectivity index (χ3n) is 2.52. The molecule has 100 valence electrons. The van der Waals surface area contributed by atoms with Gasteiger partial charge in [-0.1, -0.05) is 12.1 Å². The molecule has 0 radical (unpaired) electrons. The lowest BCUT2D eigenvalue weighted by Gasteiger charge is -2.11. The Hall–Kier alpha value is -1.27. The Morgan fingerprint density at radius 3 is 2.72 bits per heavy atom. The van der Waals surface area contributed by atoms with Crippen molar-refractivity contribution in [3.8, 4) is 0 Å². The number of para-hydroxylation sites is 1. The molecule has 0 heterocycles. The van der Waals surface area contributed by atoms with E-state index in [1.54, 1.807) is 24.9 Å². The summed E-state index contributed by atoms with van der Waals surface area (Å²) in [5, 5.41) is 13.8. The molecule has 18 heavy (non-hydrogen) atoms. The summed E-state index contributed by atoms with van der Waals surface area (Å²) in [6, 6.07) is 5.20. The number of rotatable bonds is 7. The van der Waals surface area contributed by atoms with Gasteiger partial charge in [0, 0.05) is 31.2 Å². The van der Waals surface area contributed by atoms with Crippen molar-refractivity contribution in [3.63, 3.8) is 0 Å². The molecule has 0 bridgehead atoms. The quantitative estimate of drug-likeness (QED) is 0.468. The van der Waals surface area contributed by atoms with Crippen molar-refractivity contribution >= 4 is 23.1 Å². The van der Waals surface area contributed by atoms with Crippen molar-refractivity contribution < 1.29 is 4.92 Å². The van der Waals surface area contributed by atoms with Gasteiger partial charge < -0.3 is 10.2 Å². The monoisotopic (exact) mass is 269 g/mol. The SMILES string of the molecule is CNc1c(CSCCN(C)C)cccc1[N+](=O)[O-]. The molecule has 0 saturated carbocycles. The normalized spacial score (nSPS) is 10.7. The highest BCUT2D eigenvalue weighted by Crippen LogP contribution is 2.30. The molecule has 0 unspecified atom stereocenters. The summed E-state index contributed by atoms with van der Waals surface area (Å²) in [5.41, 5.74) is 1.75. The number of nitro groups is 1. The van der Waals surface area contributed by atoms with Crippen molar-refractivity contribution in [1.82, 2.24) is 4.90 Å². The summed E-state index contributed by atoms with van der Waals surface area (Å²) in [5.74, 6) is 1.80. The maximum atomic E-state index is 10.9. The van der Waals surface area contributed by atoms with Gasteiger partial charge in [-0.25, -0.2) is 0 Å². The fraction of sp³-hybridized carbons (Fsp3) is 0.500. The van der Waals surface area contributed by atoms with Gasteiger partial charge in [0.2, 0.25) is 0 Å². The second-order valence-corrected chi connectivity index (χ2v) is 5.28. The van der Waals surface area contributed by atoms with Crippen LogP contribution in [-0.4, -0.2) is 43.3 Å². The molecule has 0 saturated heterocycles. The second-order valence-electron chi connectivity index (χ2n) is 4.17. The van der Waals surface area contributed by atoms with Gasteiger partial charge in [0.1, 0.15) is 5.69 Å². The minimum Gasteiger partial charge on any atom is -0.382 e. The van der Waals surface area contributed by atoms with Crippen LogP contribution in [0.4, 0.5) is 11.4 Å². The fourth-order valence-electron chi connectivity index (χ4n) is 1.58. The van der Waals surface area contributed by atoms with E-state index in [0.29, 0.717) is 5.69 Å². The predicted octanol–water partition coefficient (Wildman–Crippen LogP) is 2.43. The number of thioether (sulfide) groups is 1. The maximum absolute atomic E-state index is 10.9. The van der Waals surface area contributed by atoms with Gasteiger partial charge in [-0.2, -0.15) is 11.8 Å². The zero-order chi connectivity index (χ0) is 13.5. The fourth-order valence-corrected chi connectivity index (χ4v) is 2.68. The van der Waals surface area contributed by atoms with E-state index in [2.05, 4.69) is 10.2 Å². The van der Waals surface area contributed by atoms with Crippen molar-refractivity contribution in [2.45, 2.75) is 5.75 Å². The first-order chi connectivity index (χ1) is 8.56. The zero-order valence-corrected chi connectivity index (χ0v) is 11.8. The smallest absolute Gasteiger partial charge is 0.292 e. The summed E-state index contributed by atoms with van der Waals surface area (Å²) in [4.78, 5) is 12.7. The first-order valence-corrected chi connectivity index (χ1v) is 6.88. The summed E-state index contributed by atoms with van der Waals surface area (Å²) in [6.07, 6.45) is 0. The molecule has 0 amide bonds. The van der Waals surface area contributed by atoms with Gasteiger partial charge in [-0.15, -0.1) is 0 Å². The first-order valence-electron chi connectivity index (χ1n) is 5.72. The van der Waals surface area contributed by atoms with E-state index in [1.807, 2.05) is 20.2 Å². The molecule has 0 spiro atoms. The molecule has 1 aromatic rings. The Morgan fingerprint density at radius 2 is 2.17 bits per heavy atom. The van der Waals surface area contributed by atoms with Crippen LogP contribution in [0, 0.1) is 10.1 Å². The van der Waals surface area contributed by atoms with Gasteiger partial charge in [0.25, 0.3) is 5.69 Å². The van der Waals surface area contributed by atoms with Crippen LogP contribution in [0.25, 0.3) is 0 Å². The van der Waals surface area contributed by atoms with E-state index in [9.17, 15) is 10.1 Å². The van der Waals surface area contributed by atoms with Crippen LogP contribution in [0.1, 0.15) is 5.56 Å². The van der Waals surface area contributed by atoms with Crippen LogP contribution in [0.3, 0.4) is 0 Å². The summed E-state index contributed by atoms with van der Waals surface area (Å²) >= 11 is 1.78. The van der Waals surface area contributed by atoms with Crippen LogP contribution in [-0.2, 0) is 5.75 Å². The van der Waals surface area contributed by atoms with Gasteiger partial charge in [-0.05, 0) is 19.7 Å². The van der Waals surface area contributed by atoms with Gasteiger partial charge in [-0.3, -0.25) is 10.1 Å². The van der Waals surface area contributed by atoms with Gasteiger partial charge in [0.05, 0.1) is 4.92 Å². The zero-order valence-electron chi connectivity index (χ0n) is 11.0. The van der Waals surface area contributed by atoms with Gasteiger partial charge >= 0.3 is 0 Å². The Labute approximate surface area is 112 Å². The number of nitrogens with one attached hydrogen (secondary N) is 1. The maximum Gasteiger partial charge on any atom is 0.292 e. The first kappa shape index (κ1) is 14.8. The summed E-state index contributed by atoms with van der Waals surface area (Å²) < 4.78 is 0. The van der Waals surface area contributed by atoms with Crippen molar-refractivity contribution in [2.75, 3.05) is 38.8 Å². The molecule has 0 fully saturated rings. The second kappa shape index (κ2) is 7.23. The van der Waals surface area contributed by atoms with Crippen molar-refractivity contribution in [3.05, 3.63) is 33.9 Å². The summed E-state index contributed by atoms with van der Waals surface area (Å²) in [7, 11) is 5.79. The van der Waals surface area contributed by atoms with Crippen molar-refractivity contribution in [2.24, 2.45) is 0 Å². The van der Waals surface area contributed by atoms with Crippen LogP contribution < -0.4 is 5.32 Å². The Balaban J connectivity index is 2.70. The molecule has 0 aromatic heterocycles. The lowest BCUT2D eigenvalue weighted by atomic mass is 10.1. The lowest BCUT2D eigenvalue weighted by Crippen LogP contribution is -2.14. The molecule has 6 heteroatoms. The van der Waals surface area contributed by atoms with Crippen LogP contribution >= 0.6 is 11.8 Å². The third-order valence-corrected chi connectivity index (χ3v) is 3.50. The minimum absolute atomic E-state index is 0.142. The average Bonchev–Trinajstić information content (AvgIpc) is 2.33. The highest BCUT2D eigenvalue weighted by atomic mass is 32.2. The molecular formula is C12H19N3O2S. The van der Waals surface area contributed by atoms with E-state index < -0.39 is 0 Å². The standard InChI is InChI=1S/C12H19N3O2S/c1-13-12-10(9-18-8-7-14(2)3)5-4-6-11(12)15(16)17/h4-6,13H,7-9H2,1-3H3. The summed E-state index contributed by atoms with van der Waals surface area (Å²) in [6.45, 7) is 1.01. The molecule has 0 aliphatic heterocycles. The molecule has 1 N–H and O–H groups in total. The van der Waals surface area contributed by atoms with E-state index in [4.69, 9.17) is 0 Å². The van der Waals surface area contributed by atoms with E-state index in [-0.39, 0.29) is 10.6 Å². The van der Waals surface area contributed by atoms with Crippen molar-refractivity contribution in [1.29, 1.82) is 0 Å². The molecular weight excluding hydrogens is 250 g/mol. The molecule has 0 atom stereocenters. The number of hydrogen-bond acceptors (Lipinski definition) is 5. The largest absolute Gasteiger partial charge is 0.382 e. The Morgan fingerprint density at radius 1 is 1.44 bits per heavy atom. The average molecular weight is 269 g/mol. The van der Waals surface area contributed by atoms with Crippen LogP contribution in [0.5, 0.6) is 0 Å². The minimum atomic E-state index is -0.347. The molecule has 0 aliphatic carbocycles. The van der Waals surface area contributed by atoms with Crippen LogP contribution in [0.15, 0.2) is 18.2 Å². The number of nitro benzene ring substituents is 1. The molecule has 1 rings (SSSR count). The van der Waals surface area contributed by atoms with E-state index >= 15 is 0 Å². The Kier molecular flexibility index (Phi) is 5.94. The molecule has 1 aromatic carbocycles. The molecule has 0 aliphatic rings. The van der Waals surface area contributed by atoms with Gasteiger partial charge in [0.15, 0.2) is 0 Å². The third kappa shape index (κ3) is 4.19. The highest BCUT2D eigenvalue weighted by molar-refractivity contribution is 7.98. The van der Waals surface area contributed by atoms with E-state index in [1.165, 1.54) is 6.07 Å². The van der Waals surface area contributed by atoms with E-state index in [0.717, 1.165) is 23.6 Å². The van der Waals surface area contributed by atoms with Crippen LogP contribution in [0.2, 0.25) is 0 Å². The number of benzene rings is 1. The lowest BCUT2D eigenvalue weighted by molar-refractivity contribution is -0.384. The number of nitrogens with zero attached hydrogens (tertiary/aromatic N) is 2. The predicted molar refractivity (Wildman–Crippen MR) is 77.4 cm³/mol. The Bertz CT molecular complexity index is 410. The number of anilines is 1. The highest BCUT2D eigenvalue weighted by Gasteiger charge is 2.15. The molecule has 5 nitrogen and oxygen atoms in total.